The first-order chi connectivity index (χ1) is 17.2. The number of ketones is 1. The number of nitrogens with one attached hydrogen (secondary N) is 2. The Bertz CT molecular complexity index is 1270. The monoisotopic (exact) mass is 490 g/mol. The molecule has 2 N–H and O–H groups in total. The Morgan fingerprint density at radius 3 is 2.86 bits per heavy atom. The highest BCUT2D eigenvalue weighted by atomic mass is 16.1. The van der Waals surface area contributed by atoms with Gasteiger partial charge in [-0.05, 0) is 76.1 Å². The molecule has 3 aromatic heterocycles. The fourth-order valence-corrected chi connectivity index (χ4v) is 6.40. The molecule has 3 aliphatic rings. The summed E-state index contributed by atoms with van der Waals surface area (Å²) in [4.78, 5) is 23.4. The number of hydrogen-bond donors (Lipinski definition) is 2. The maximum atomic E-state index is 13.9. The Kier molecular flexibility index (Phi) is 5.59. The van der Waals surface area contributed by atoms with E-state index in [2.05, 4.69) is 59.2 Å². The van der Waals surface area contributed by atoms with Gasteiger partial charge in [0.2, 0.25) is 5.95 Å². The number of nitrogens with zero attached hydrogens (tertiary/aromatic N) is 6. The number of anilines is 3. The zero-order valence-corrected chi connectivity index (χ0v) is 21.9. The molecule has 2 aliphatic heterocycles. The minimum Gasteiger partial charge on any atom is -0.326 e. The molecule has 5 heterocycles. The lowest BCUT2D eigenvalue weighted by Crippen LogP contribution is -2.50. The predicted octanol–water partition coefficient (Wildman–Crippen LogP) is 4.37. The van der Waals surface area contributed by atoms with E-state index in [-0.39, 0.29) is 5.41 Å². The molecule has 6 rings (SSSR count). The van der Waals surface area contributed by atoms with Crippen molar-refractivity contribution in [1.82, 2.24) is 29.7 Å². The van der Waals surface area contributed by atoms with Gasteiger partial charge >= 0.3 is 0 Å². The molecule has 0 unspecified atom stereocenters. The third-order valence-electron chi connectivity index (χ3n) is 8.28. The van der Waals surface area contributed by atoms with Gasteiger partial charge < -0.3 is 15.1 Å². The smallest absolute Gasteiger partial charge is 0.246 e. The molecule has 1 saturated carbocycles. The lowest BCUT2D eigenvalue weighted by Gasteiger charge is -2.36. The summed E-state index contributed by atoms with van der Waals surface area (Å²) < 4.78 is 1.85. The number of piperidine rings is 1. The first-order valence-corrected chi connectivity index (χ1v) is 13.4. The van der Waals surface area contributed by atoms with E-state index in [1.165, 1.54) is 25.0 Å². The predicted molar refractivity (Wildman–Crippen MR) is 141 cm³/mol. The van der Waals surface area contributed by atoms with Crippen LogP contribution in [0.4, 0.5) is 17.6 Å². The largest absolute Gasteiger partial charge is 0.326 e. The molecule has 0 amide bonds. The normalized spacial score (nSPS) is 26.6. The lowest BCUT2D eigenvalue weighted by atomic mass is 9.79. The molecule has 0 radical (unpaired) electrons. The second-order valence-electron chi connectivity index (χ2n) is 12.3. The second-order valence-corrected chi connectivity index (χ2v) is 12.3. The number of H-pyrrole nitrogens is 1. The highest BCUT2D eigenvalue weighted by Gasteiger charge is 2.52. The second kappa shape index (κ2) is 8.57. The molecule has 3 fully saturated rings. The van der Waals surface area contributed by atoms with Gasteiger partial charge in [0.05, 0.1) is 5.54 Å². The molecular weight excluding hydrogens is 452 g/mol. The molecule has 3 aromatic rings. The zero-order chi connectivity index (χ0) is 25.1. The standard InChI is InChI=1S/C27H38N8O/c1-26(2)16-27(3,22(36)13-18-7-5-11-33(4)15-18)34(17-26)25-29-24(21-8-6-12-35(21)32-25)28-23-14-20(30-31-23)19-9-10-19/h6,8,12,14,18-19H,5,7,9-11,13,15-17H2,1-4H3,(H2,28,29,30,31,32)/t18-,27-/m0/s1. The van der Waals surface area contributed by atoms with Crippen LogP contribution >= 0.6 is 0 Å². The fraction of sp³-hybridized carbons (Fsp3) is 0.630. The summed E-state index contributed by atoms with van der Waals surface area (Å²) in [5.74, 6) is 3.37. The Labute approximate surface area is 212 Å². The number of aromatic amines is 1. The van der Waals surface area contributed by atoms with E-state index in [4.69, 9.17) is 10.1 Å². The summed E-state index contributed by atoms with van der Waals surface area (Å²) in [5.41, 5.74) is 1.40. The maximum absolute atomic E-state index is 13.9. The van der Waals surface area contributed by atoms with Crippen LogP contribution in [0.15, 0.2) is 24.4 Å². The van der Waals surface area contributed by atoms with Crippen LogP contribution in [-0.4, -0.2) is 67.7 Å². The summed E-state index contributed by atoms with van der Waals surface area (Å²) in [6, 6.07) is 6.04. The number of carbonyl (C=O) groups excluding carboxylic acids is 1. The molecule has 2 saturated heterocycles. The van der Waals surface area contributed by atoms with Crippen LogP contribution in [0.5, 0.6) is 0 Å². The van der Waals surface area contributed by atoms with Gasteiger partial charge in [-0.1, -0.05) is 13.8 Å². The first kappa shape index (κ1) is 23.5. The van der Waals surface area contributed by atoms with Crippen molar-refractivity contribution < 1.29 is 4.79 Å². The molecule has 0 aromatic carbocycles. The van der Waals surface area contributed by atoms with E-state index in [0.717, 1.165) is 43.8 Å². The maximum Gasteiger partial charge on any atom is 0.246 e. The molecule has 0 bridgehead atoms. The van der Waals surface area contributed by atoms with E-state index >= 15 is 0 Å². The first-order valence-electron chi connectivity index (χ1n) is 13.4. The molecular formula is C27H38N8O. The van der Waals surface area contributed by atoms with Gasteiger partial charge in [0.1, 0.15) is 5.52 Å². The summed E-state index contributed by atoms with van der Waals surface area (Å²) >= 11 is 0. The summed E-state index contributed by atoms with van der Waals surface area (Å²) in [7, 11) is 2.16. The average molecular weight is 491 g/mol. The SMILES string of the molecule is CN1CCC[C@@H](CC(=O)[C@]2(C)CC(C)(C)CN2c2nc(Nc3cc(C4CC4)[nH]n3)c3cccn3n2)C1. The number of aromatic nitrogens is 5. The van der Waals surface area contributed by atoms with E-state index in [1.807, 2.05) is 22.8 Å². The number of rotatable bonds is 7. The molecule has 2 atom stereocenters. The van der Waals surface area contributed by atoms with Gasteiger partial charge in [0.15, 0.2) is 17.4 Å². The zero-order valence-electron chi connectivity index (χ0n) is 21.9. The van der Waals surface area contributed by atoms with Crippen LogP contribution in [0.25, 0.3) is 5.52 Å². The summed E-state index contributed by atoms with van der Waals surface area (Å²) in [6.07, 6.45) is 8.07. The van der Waals surface area contributed by atoms with Crippen LogP contribution in [0.2, 0.25) is 0 Å². The Hall–Kier alpha value is -2.94. The number of fused-ring (bicyclic) bond motifs is 1. The Balaban J connectivity index is 1.32. The van der Waals surface area contributed by atoms with Gasteiger partial charge in [-0.15, -0.1) is 5.10 Å². The third kappa shape index (κ3) is 4.38. The van der Waals surface area contributed by atoms with Crippen molar-refractivity contribution in [2.24, 2.45) is 11.3 Å². The number of Topliss-reactive ketones (excluding diaryl/α,β-unsaturated/α-hetero) is 1. The summed E-state index contributed by atoms with van der Waals surface area (Å²) in [6.45, 7) is 9.44. The van der Waals surface area contributed by atoms with Gasteiger partial charge in [-0.3, -0.25) is 9.89 Å². The highest BCUT2D eigenvalue weighted by Crippen LogP contribution is 2.45. The van der Waals surface area contributed by atoms with E-state index in [1.54, 1.807) is 0 Å². The number of hydrogen-bond acceptors (Lipinski definition) is 7. The quantitative estimate of drug-likeness (QED) is 0.508. The minimum absolute atomic E-state index is 0.0161. The summed E-state index contributed by atoms with van der Waals surface area (Å²) in [5, 5.41) is 15.9. The van der Waals surface area contributed by atoms with E-state index in [0.29, 0.717) is 35.8 Å². The third-order valence-corrected chi connectivity index (χ3v) is 8.28. The van der Waals surface area contributed by atoms with Gasteiger partial charge in [0.25, 0.3) is 0 Å². The Morgan fingerprint density at radius 2 is 2.08 bits per heavy atom. The molecule has 1 aliphatic carbocycles. The number of likely N-dealkylation sites (tertiary alicyclic amines) is 1. The fourth-order valence-electron chi connectivity index (χ4n) is 6.40. The van der Waals surface area contributed by atoms with Crippen LogP contribution in [-0.2, 0) is 4.79 Å². The lowest BCUT2D eigenvalue weighted by molar-refractivity contribution is -0.125. The van der Waals surface area contributed by atoms with Gasteiger partial charge in [0, 0.05) is 43.4 Å². The van der Waals surface area contributed by atoms with Crippen molar-refractivity contribution in [3.63, 3.8) is 0 Å². The van der Waals surface area contributed by atoms with Crippen LogP contribution < -0.4 is 10.2 Å². The minimum atomic E-state index is -0.636. The topological polar surface area (TPSA) is 94.5 Å². The van der Waals surface area contributed by atoms with Gasteiger partial charge in [-0.25, -0.2) is 4.52 Å². The van der Waals surface area contributed by atoms with Crippen molar-refractivity contribution in [2.45, 2.75) is 70.8 Å². The van der Waals surface area contributed by atoms with Crippen LogP contribution in [0.3, 0.4) is 0 Å². The van der Waals surface area contributed by atoms with Crippen molar-refractivity contribution in [3.05, 3.63) is 30.1 Å². The molecule has 192 valence electrons. The van der Waals surface area contributed by atoms with Gasteiger partial charge in [-0.2, -0.15) is 10.1 Å². The molecule has 0 spiro atoms. The molecule has 9 nitrogen and oxygen atoms in total. The Morgan fingerprint density at radius 1 is 1.25 bits per heavy atom. The highest BCUT2D eigenvalue weighted by molar-refractivity contribution is 5.92. The van der Waals surface area contributed by atoms with Crippen molar-refractivity contribution in [1.29, 1.82) is 0 Å². The van der Waals surface area contributed by atoms with Crippen molar-refractivity contribution in [2.75, 3.05) is 36.9 Å². The average Bonchev–Trinajstić information content (AvgIpc) is 3.25. The van der Waals surface area contributed by atoms with Crippen LogP contribution in [0.1, 0.15) is 70.9 Å². The van der Waals surface area contributed by atoms with Crippen LogP contribution in [0, 0.1) is 11.3 Å². The molecule has 36 heavy (non-hydrogen) atoms. The van der Waals surface area contributed by atoms with Crippen molar-refractivity contribution in [3.8, 4) is 0 Å². The van der Waals surface area contributed by atoms with E-state index in [9.17, 15) is 4.79 Å². The number of carbonyl (C=O) groups is 1. The van der Waals surface area contributed by atoms with Crippen molar-refractivity contribution >= 4 is 28.9 Å². The molecule has 9 heteroatoms. The van der Waals surface area contributed by atoms with E-state index < -0.39 is 5.54 Å².